The summed E-state index contributed by atoms with van der Waals surface area (Å²) in [5.41, 5.74) is 1.26. The molecule has 0 saturated heterocycles. The van der Waals surface area contributed by atoms with Crippen molar-refractivity contribution in [2.75, 3.05) is 19.8 Å². The summed E-state index contributed by atoms with van der Waals surface area (Å²) in [6, 6.07) is 5.93. The van der Waals surface area contributed by atoms with E-state index >= 15 is 0 Å². The van der Waals surface area contributed by atoms with Gasteiger partial charge in [-0.3, -0.25) is 0 Å². The largest absolute Gasteiger partial charge is 0.492 e. The van der Waals surface area contributed by atoms with Gasteiger partial charge in [0.25, 0.3) is 0 Å². The smallest absolute Gasteiger partial charge is 0.137 e. The molecular formula is C16H26ClNO2. The third-order valence-electron chi connectivity index (χ3n) is 2.71. The highest BCUT2D eigenvalue weighted by molar-refractivity contribution is 6.32. The van der Waals surface area contributed by atoms with Crippen LogP contribution in [0.25, 0.3) is 0 Å². The Kier molecular flexibility index (Phi) is 7.35. The number of rotatable bonds is 8. The van der Waals surface area contributed by atoms with Crippen LogP contribution in [-0.4, -0.2) is 25.4 Å². The van der Waals surface area contributed by atoms with E-state index in [0.717, 1.165) is 37.5 Å². The minimum absolute atomic E-state index is 0.0981. The molecule has 1 aromatic rings. The van der Waals surface area contributed by atoms with Crippen LogP contribution in [0.4, 0.5) is 0 Å². The molecule has 0 amide bonds. The summed E-state index contributed by atoms with van der Waals surface area (Å²) >= 11 is 6.24. The van der Waals surface area contributed by atoms with Gasteiger partial charge in [-0.2, -0.15) is 0 Å². The van der Waals surface area contributed by atoms with Crippen LogP contribution in [0.3, 0.4) is 0 Å². The zero-order valence-electron chi connectivity index (χ0n) is 13.0. The van der Waals surface area contributed by atoms with E-state index in [0.29, 0.717) is 11.6 Å². The lowest BCUT2D eigenvalue weighted by molar-refractivity contribution is 0.131. The predicted molar refractivity (Wildman–Crippen MR) is 84.6 cm³/mol. The van der Waals surface area contributed by atoms with Gasteiger partial charge in [-0.25, -0.2) is 0 Å². The Morgan fingerprint density at radius 2 is 1.95 bits per heavy atom. The second kappa shape index (κ2) is 8.50. The van der Waals surface area contributed by atoms with Crippen molar-refractivity contribution in [3.05, 3.63) is 28.8 Å². The van der Waals surface area contributed by atoms with Gasteiger partial charge in [-0.1, -0.05) is 17.7 Å². The minimum atomic E-state index is 0.0981. The molecule has 0 aliphatic heterocycles. The number of hydrogen-bond donors (Lipinski definition) is 1. The first-order chi connectivity index (χ1) is 9.42. The van der Waals surface area contributed by atoms with Gasteiger partial charge in [-0.05, 0) is 45.4 Å². The van der Waals surface area contributed by atoms with Gasteiger partial charge < -0.3 is 14.8 Å². The Bertz CT molecular complexity index is 402. The molecule has 0 radical (unpaired) electrons. The average Bonchev–Trinajstić information content (AvgIpc) is 2.37. The molecule has 0 bridgehead atoms. The molecule has 0 heterocycles. The first kappa shape index (κ1) is 17.3. The lowest BCUT2D eigenvalue weighted by Crippen LogP contribution is -2.35. The Morgan fingerprint density at radius 3 is 2.55 bits per heavy atom. The van der Waals surface area contributed by atoms with E-state index in [1.165, 1.54) is 0 Å². The number of ether oxygens (including phenoxy) is 2. The quantitative estimate of drug-likeness (QED) is 0.735. The highest BCUT2D eigenvalue weighted by atomic mass is 35.5. The van der Waals surface area contributed by atoms with Crippen molar-refractivity contribution in [2.24, 2.45) is 0 Å². The normalized spacial score (nSPS) is 11.7. The van der Waals surface area contributed by atoms with Crippen molar-refractivity contribution in [2.45, 2.75) is 46.2 Å². The zero-order chi connectivity index (χ0) is 15.0. The van der Waals surface area contributed by atoms with Gasteiger partial charge in [0.1, 0.15) is 5.75 Å². The predicted octanol–water partition coefficient (Wildman–Crippen LogP) is 4.03. The van der Waals surface area contributed by atoms with Crippen LogP contribution in [-0.2, 0) is 11.3 Å². The van der Waals surface area contributed by atoms with Crippen molar-refractivity contribution in [1.82, 2.24) is 5.32 Å². The first-order valence-corrected chi connectivity index (χ1v) is 7.54. The maximum atomic E-state index is 6.24. The maximum absolute atomic E-state index is 6.24. The molecule has 0 aliphatic carbocycles. The van der Waals surface area contributed by atoms with Crippen LogP contribution in [0, 0.1) is 0 Å². The summed E-state index contributed by atoms with van der Waals surface area (Å²) in [7, 11) is 0. The Labute approximate surface area is 127 Å². The van der Waals surface area contributed by atoms with Gasteiger partial charge in [0, 0.05) is 31.7 Å². The van der Waals surface area contributed by atoms with Gasteiger partial charge >= 0.3 is 0 Å². The van der Waals surface area contributed by atoms with E-state index in [1.54, 1.807) is 0 Å². The van der Waals surface area contributed by atoms with E-state index in [9.17, 15) is 0 Å². The van der Waals surface area contributed by atoms with Crippen LogP contribution >= 0.6 is 11.6 Å². The van der Waals surface area contributed by atoms with Crippen molar-refractivity contribution in [3.8, 4) is 5.75 Å². The SMILES string of the molecule is CCOCCCOc1ccc(CNC(C)(C)C)cc1Cl. The minimum Gasteiger partial charge on any atom is -0.492 e. The highest BCUT2D eigenvalue weighted by Gasteiger charge is 2.09. The van der Waals surface area contributed by atoms with E-state index < -0.39 is 0 Å². The summed E-state index contributed by atoms with van der Waals surface area (Å²) < 4.78 is 10.9. The van der Waals surface area contributed by atoms with Crippen LogP contribution in [0.5, 0.6) is 5.75 Å². The van der Waals surface area contributed by atoms with E-state index in [1.807, 2.05) is 25.1 Å². The molecule has 3 nitrogen and oxygen atoms in total. The summed E-state index contributed by atoms with van der Waals surface area (Å²) in [5.74, 6) is 0.739. The molecule has 0 atom stereocenters. The standard InChI is InChI=1S/C16H26ClNO2/c1-5-19-9-6-10-20-15-8-7-13(11-14(15)17)12-18-16(2,3)4/h7-8,11,18H,5-6,9-10,12H2,1-4H3. The van der Waals surface area contributed by atoms with Gasteiger partial charge in [0.05, 0.1) is 11.6 Å². The Hall–Kier alpha value is -0.770. The number of halogens is 1. The summed E-state index contributed by atoms with van der Waals surface area (Å²) in [6.45, 7) is 11.3. The van der Waals surface area contributed by atoms with E-state index in [4.69, 9.17) is 21.1 Å². The molecule has 0 saturated carbocycles. The molecule has 1 N–H and O–H groups in total. The van der Waals surface area contributed by atoms with E-state index in [2.05, 4.69) is 26.1 Å². The van der Waals surface area contributed by atoms with Crippen LogP contribution in [0.15, 0.2) is 18.2 Å². The molecule has 114 valence electrons. The fraction of sp³-hybridized carbons (Fsp3) is 0.625. The monoisotopic (exact) mass is 299 g/mol. The average molecular weight is 300 g/mol. The van der Waals surface area contributed by atoms with Gasteiger partial charge in [0.15, 0.2) is 0 Å². The number of nitrogens with one attached hydrogen (secondary N) is 1. The third-order valence-corrected chi connectivity index (χ3v) is 3.01. The number of benzene rings is 1. The lowest BCUT2D eigenvalue weighted by Gasteiger charge is -2.20. The number of hydrogen-bond acceptors (Lipinski definition) is 3. The highest BCUT2D eigenvalue weighted by Crippen LogP contribution is 2.25. The van der Waals surface area contributed by atoms with Crippen LogP contribution in [0.2, 0.25) is 5.02 Å². The van der Waals surface area contributed by atoms with E-state index in [-0.39, 0.29) is 5.54 Å². The second-order valence-electron chi connectivity index (χ2n) is 5.77. The second-order valence-corrected chi connectivity index (χ2v) is 6.17. The zero-order valence-corrected chi connectivity index (χ0v) is 13.7. The third kappa shape index (κ3) is 7.13. The summed E-state index contributed by atoms with van der Waals surface area (Å²) in [4.78, 5) is 0. The first-order valence-electron chi connectivity index (χ1n) is 7.16. The van der Waals surface area contributed by atoms with Crippen molar-refractivity contribution >= 4 is 11.6 Å². The molecule has 0 aromatic heterocycles. The van der Waals surface area contributed by atoms with Gasteiger partial charge in [0.2, 0.25) is 0 Å². The molecule has 1 rings (SSSR count). The van der Waals surface area contributed by atoms with Crippen molar-refractivity contribution in [1.29, 1.82) is 0 Å². The fourth-order valence-electron chi connectivity index (χ4n) is 1.63. The van der Waals surface area contributed by atoms with Crippen molar-refractivity contribution < 1.29 is 9.47 Å². The topological polar surface area (TPSA) is 30.5 Å². The Balaban J connectivity index is 2.43. The molecule has 4 heteroatoms. The molecule has 1 aromatic carbocycles. The van der Waals surface area contributed by atoms with Crippen molar-refractivity contribution in [3.63, 3.8) is 0 Å². The molecule has 0 aliphatic rings. The van der Waals surface area contributed by atoms with Crippen LogP contribution in [0.1, 0.15) is 39.7 Å². The molecule has 0 unspecified atom stereocenters. The molecular weight excluding hydrogens is 274 g/mol. The summed E-state index contributed by atoms with van der Waals surface area (Å²) in [6.07, 6.45) is 0.873. The molecule has 20 heavy (non-hydrogen) atoms. The maximum Gasteiger partial charge on any atom is 0.137 e. The lowest BCUT2D eigenvalue weighted by atomic mass is 10.1. The van der Waals surface area contributed by atoms with Crippen LogP contribution < -0.4 is 10.1 Å². The van der Waals surface area contributed by atoms with Gasteiger partial charge in [-0.15, -0.1) is 0 Å². The fourth-order valence-corrected chi connectivity index (χ4v) is 1.88. The molecule has 0 fully saturated rings. The Morgan fingerprint density at radius 1 is 1.20 bits per heavy atom. The summed E-state index contributed by atoms with van der Waals surface area (Å²) in [5, 5.41) is 4.10. The molecule has 0 spiro atoms.